The Kier molecular flexibility index (Phi) is 5.68. The Morgan fingerprint density at radius 1 is 1.40 bits per heavy atom. The molecule has 1 N–H and O–H groups in total. The van der Waals surface area contributed by atoms with Gasteiger partial charge in [-0.05, 0) is 55.8 Å². The number of rotatable bonds is 4. The number of aromatic nitrogens is 1. The van der Waals surface area contributed by atoms with Crippen molar-refractivity contribution in [3.8, 4) is 0 Å². The number of pyridine rings is 1. The lowest BCUT2D eigenvalue weighted by Gasteiger charge is -2.25. The summed E-state index contributed by atoms with van der Waals surface area (Å²) in [5.74, 6) is -0.385. The van der Waals surface area contributed by atoms with Crippen molar-refractivity contribution in [2.45, 2.75) is 33.2 Å². The molecule has 0 aliphatic heterocycles. The molecule has 0 fully saturated rings. The SMILES string of the molecule is CCN(CC(=O)NC(C)(C)C)C(=O)c1cccnc1Br. The summed E-state index contributed by atoms with van der Waals surface area (Å²) in [6.45, 7) is 8.04. The number of nitrogens with one attached hydrogen (secondary N) is 1. The molecule has 2 amide bonds. The zero-order chi connectivity index (χ0) is 15.3. The van der Waals surface area contributed by atoms with E-state index < -0.39 is 0 Å². The van der Waals surface area contributed by atoms with Gasteiger partial charge in [-0.3, -0.25) is 9.59 Å². The summed E-state index contributed by atoms with van der Waals surface area (Å²) >= 11 is 3.25. The first-order valence-corrected chi connectivity index (χ1v) is 7.24. The number of nitrogens with zero attached hydrogens (tertiary/aromatic N) is 2. The lowest BCUT2D eigenvalue weighted by Crippen LogP contribution is -2.47. The summed E-state index contributed by atoms with van der Waals surface area (Å²) in [5.41, 5.74) is 0.145. The van der Waals surface area contributed by atoms with Gasteiger partial charge in [-0.1, -0.05) is 0 Å². The van der Waals surface area contributed by atoms with Gasteiger partial charge < -0.3 is 10.2 Å². The van der Waals surface area contributed by atoms with E-state index in [4.69, 9.17) is 0 Å². The summed E-state index contributed by atoms with van der Waals surface area (Å²) in [6.07, 6.45) is 1.60. The number of amides is 2. The fourth-order valence-electron chi connectivity index (χ4n) is 1.67. The van der Waals surface area contributed by atoms with Crippen molar-refractivity contribution in [3.05, 3.63) is 28.5 Å². The zero-order valence-electron chi connectivity index (χ0n) is 12.2. The zero-order valence-corrected chi connectivity index (χ0v) is 13.8. The molecule has 0 saturated carbocycles. The van der Waals surface area contributed by atoms with Gasteiger partial charge in [0.05, 0.1) is 12.1 Å². The van der Waals surface area contributed by atoms with Gasteiger partial charge in [0.15, 0.2) is 0 Å². The van der Waals surface area contributed by atoms with Crippen LogP contribution >= 0.6 is 15.9 Å². The fraction of sp³-hybridized carbons (Fsp3) is 0.500. The Morgan fingerprint density at radius 2 is 2.05 bits per heavy atom. The van der Waals surface area contributed by atoms with E-state index in [9.17, 15) is 9.59 Å². The summed E-state index contributed by atoms with van der Waals surface area (Å²) in [6, 6.07) is 3.38. The van der Waals surface area contributed by atoms with Crippen LogP contribution in [0.3, 0.4) is 0 Å². The van der Waals surface area contributed by atoms with Crippen molar-refractivity contribution in [3.63, 3.8) is 0 Å². The Labute approximate surface area is 127 Å². The van der Waals surface area contributed by atoms with Crippen LogP contribution in [0.4, 0.5) is 0 Å². The van der Waals surface area contributed by atoms with Crippen molar-refractivity contribution in [2.75, 3.05) is 13.1 Å². The van der Waals surface area contributed by atoms with Crippen LogP contribution in [0.1, 0.15) is 38.1 Å². The Bertz CT molecular complexity index is 497. The maximum atomic E-state index is 12.4. The standard InChI is InChI=1S/C14H20BrN3O2/c1-5-18(9-11(19)17-14(2,3)4)13(20)10-7-6-8-16-12(10)15/h6-8H,5,9H2,1-4H3,(H,17,19). The van der Waals surface area contributed by atoms with Crippen LogP contribution in [0.2, 0.25) is 0 Å². The average Bonchev–Trinajstić information content (AvgIpc) is 2.33. The van der Waals surface area contributed by atoms with Crippen LogP contribution in [0.5, 0.6) is 0 Å². The van der Waals surface area contributed by atoms with E-state index in [2.05, 4.69) is 26.2 Å². The molecular formula is C14H20BrN3O2. The summed E-state index contributed by atoms with van der Waals surface area (Å²) in [5, 5.41) is 2.84. The van der Waals surface area contributed by atoms with Crippen molar-refractivity contribution in [1.29, 1.82) is 0 Å². The van der Waals surface area contributed by atoms with Crippen molar-refractivity contribution < 1.29 is 9.59 Å². The van der Waals surface area contributed by atoms with Crippen LogP contribution < -0.4 is 5.32 Å². The van der Waals surface area contributed by atoms with E-state index in [0.717, 1.165) is 0 Å². The first kappa shape index (κ1) is 16.6. The van der Waals surface area contributed by atoms with E-state index in [1.807, 2.05) is 27.7 Å². The van der Waals surface area contributed by atoms with E-state index in [0.29, 0.717) is 16.7 Å². The molecule has 0 aliphatic carbocycles. The van der Waals surface area contributed by atoms with Crippen LogP contribution in [0.25, 0.3) is 0 Å². The third-order valence-corrected chi connectivity index (χ3v) is 3.14. The van der Waals surface area contributed by atoms with Crippen LogP contribution in [-0.2, 0) is 4.79 Å². The minimum absolute atomic E-state index is 0.0357. The molecule has 6 heteroatoms. The van der Waals surface area contributed by atoms with E-state index in [1.54, 1.807) is 18.3 Å². The molecule has 0 aliphatic rings. The minimum Gasteiger partial charge on any atom is -0.350 e. The summed E-state index contributed by atoms with van der Waals surface area (Å²) in [7, 11) is 0. The molecular weight excluding hydrogens is 322 g/mol. The quantitative estimate of drug-likeness (QED) is 0.854. The van der Waals surface area contributed by atoms with Gasteiger partial charge in [0.25, 0.3) is 5.91 Å². The number of hydrogen-bond donors (Lipinski definition) is 1. The second kappa shape index (κ2) is 6.83. The number of halogens is 1. The second-order valence-electron chi connectivity index (χ2n) is 5.46. The van der Waals surface area contributed by atoms with E-state index in [1.165, 1.54) is 4.90 Å². The molecule has 0 spiro atoms. The number of carbonyl (C=O) groups excluding carboxylic acids is 2. The van der Waals surface area contributed by atoms with Crippen molar-refractivity contribution in [2.24, 2.45) is 0 Å². The molecule has 0 unspecified atom stereocenters. The number of likely N-dealkylation sites (N-methyl/N-ethyl adjacent to an activating group) is 1. The maximum absolute atomic E-state index is 12.4. The molecule has 1 heterocycles. The highest BCUT2D eigenvalue weighted by molar-refractivity contribution is 9.10. The highest BCUT2D eigenvalue weighted by atomic mass is 79.9. The van der Waals surface area contributed by atoms with Gasteiger partial charge in [0.2, 0.25) is 5.91 Å². The molecule has 0 radical (unpaired) electrons. The largest absolute Gasteiger partial charge is 0.350 e. The van der Waals surface area contributed by atoms with Gasteiger partial charge in [0.1, 0.15) is 4.60 Å². The molecule has 1 aromatic rings. The third kappa shape index (κ3) is 4.92. The average molecular weight is 342 g/mol. The Hall–Kier alpha value is -1.43. The first-order chi connectivity index (χ1) is 9.24. The summed E-state index contributed by atoms with van der Waals surface area (Å²) in [4.78, 5) is 29.8. The highest BCUT2D eigenvalue weighted by Crippen LogP contribution is 2.15. The Balaban J connectivity index is 2.79. The number of hydrogen-bond acceptors (Lipinski definition) is 3. The third-order valence-electron chi connectivity index (χ3n) is 2.51. The Morgan fingerprint density at radius 3 is 2.55 bits per heavy atom. The predicted octanol–water partition coefficient (Wildman–Crippen LogP) is 2.22. The second-order valence-corrected chi connectivity index (χ2v) is 6.21. The van der Waals surface area contributed by atoms with Gasteiger partial charge in [-0.15, -0.1) is 0 Å². The minimum atomic E-state index is -0.311. The molecule has 1 rings (SSSR count). The normalized spacial score (nSPS) is 11.1. The molecule has 0 saturated heterocycles. The lowest BCUT2D eigenvalue weighted by atomic mass is 10.1. The monoisotopic (exact) mass is 341 g/mol. The topological polar surface area (TPSA) is 62.3 Å². The molecule has 1 aromatic heterocycles. The van der Waals surface area contributed by atoms with E-state index >= 15 is 0 Å². The van der Waals surface area contributed by atoms with Crippen molar-refractivity contribution >= 4 is 27.7 Å². The van der Waals surface area contributed by atoms with Gasteiger partial charge in [-0.2, -0.15) is 0 Å². The van der Waals surface area contributed by atoms with Gasteiger partial charge in [-0.25, -0.2) is 4.98 Å². The molecule has 0 atom stereocenters. The van der Waals surface area contributed by atoms with Gasteiger partial charge in [0, 0.05) is 18.3 Å². The predicted molar refractivity (Wildman–Crippen MR) is 81.4 cm³/mol. The highest BCUT2D eigenvalue weighted by Gasteiger charge is 2.21. The maximum Gasteiger partial charge on any atom is 0.257 e. The smallest absolute Gasteiger partial charge is 0.257 e. The van der Waals surface area contributed by atoms with Crippen molar-refractivity contribution in [1.82, 2.24) is 15.2 Å². The molecule has 5 nitrogen and oxygen atoms in total. The fourth-order valence-corrected chi connectivity index (χ4v) is 2.09. The lowest BCUT2D eigenvalue weighted by molar-refractivity contribution is -0.123. The molecule has 20 heavy (non-hydrogen) atoms. The molecule has 110 valence electrons. The molecule has 0 aromatic carbocycles. The van der Waals surface area contributed by atoms with Gasteiger partial charge >= 0.3 is 0 Å². The number of carbonyl (C=O) groups is 2. The molecule has 0 bridgehead atoms. The summed E-state index contributed by atoms with van der Waals surface area (Å²) < 4.78 is 0.486. The first-order valence-electron chi connectivity index (χ1n) is 6.45. The van der Waals surface area contributed by atoms with Crippen LogP contribution in [0.15, 0.2) is 22.9 Å². The van der Waals surface area contributed by atoms with Crippen LogP contribution in [0, 0.1) is 0 Å². The van der Waals surface area contributed by atoms with E-state index in [-0.39, 0.29) is 23.9 Å². The van der Waals surface area contributed by atoms with Crippen LogP contribution in [-0.4, -0.2) is 40.3 Å².